The van der Waals surface area contributed by atoms with Gasteiger partial charge in [-0.1, -0.05) is 12.1 Å². The summed E-state index contributed by atoms with van der Waals surface area (Å²) < 4.78 is 10.9. The number of nitrogens with one attached hydrogen (secondary N) is 1. The van der Waals surface area contributed by atoms with Gasteiger partial charge in [-0.05, 0) is 26.0 Å². The van der Waals surface area contributed by atoms with Crippen LogP contribution < -0.4 is 20.3 Å². The molecular weight excluding hydrogens is 388 g/mol. The average Bonchev–Trinajstić information content (AvgIpc) is 3.04. The van der Waals surface area contributed by atoms with Gasteiger partial charge in [-0.25, -0.2) is 4.79 Å². The van der Waals surface area contributed by atoms with E-state index in [-0.39, 0.29) is 0 Å². The van der Waals surface area contributed by atoms with Gasteiger partial charge >= 0.3 is 5.97 Å². The van der Waals surface area contributed by atoms with Crippen molar-refractivity contribution in [3.8, 4) is 11.8 Å². The minimum atomic E-state index is -0.399. The van der Waals surface area contributed by atoms with E-state index in [1.807, 2.05) is 25.1 Å². The van der Waals surface area contributed by atoms with Gasteiger partial charge in [0.1, 0.15) is 28.2 Å². The average molecular weight is 416 g/mol. The molecule has 154 valence electrons. The number of hydrogen-bond acceptors (Lipinski definition) is 7. The topological polar surface area (TPSA) is 93.0 Å². The molecule has 0 radical (unpaired) electrons. The van der Waals surface area contributed by atoms with E-state index >= 15 is 0 Å². The second-order valence-electron chi connectivity index (χ2n) is 6.80. The fourth-order valence-corrected chi connectivity index (χ4v) is 4.55. The van der Waals surface area contributed by atoms with Crippen molar-refractivity contribution in [1.29, 1.82) is 5.26 Å². The monoisotopic (exact) mass is 415 g/mol. The molecule has 1 aromatic heterocycles. The summed E-state index contributed by atoms with van der Waals surface area (Å²) in [7, 11) is 0. The number of esters is 1. The van der Waals surface area contributed by atoms with Crippen molar-refractivity contribution < 1.29 is 19.2 Å². The molecule has 3 rings (SSSR count). The number of nitrogens with two attached hydrogens (primary N) is 1. The number of carbonyl (C=O) groups excluding carboxylic acids is 1. The Hall–Kier alpha value is -2.76. The number of para-hydroxylation sites is 2. The fraction of sp³-hybridized carbons (Fsp3) is 0.429. The summed E-state index contributed by atoms with van der Waals surface area (Å²) in [5.41, 5.74) is 8.23. The van der Waals surface area contributed by atoms with Gasteiger partial charge in [0.2, 0.25) is 0 Å². The largest absolute Gasteiger partial charge is 0.492 e. The van der Waals surface area contributed by atoms with Crippen molar-refractivity contribution in [2.75, 3.05) is 50.0 Å². The highest BCUT2D eigenvalue weighted by Crippen LogP contribution is 2.31. The van der Waals surface area contributed by atoms with Crippen molar-refractivity contribution in [2.45, 2.75) is 20.4 Å². The first kappa shape index (κ1) is 21.0. The zero-order valence-electron chi connectivity index (χ0n) is 16.9. The number of nitriles is 1. The highest BCUT2D eigenvalue weighted by atomic mass is 32.1. The molecule has 29 heavy (non-hydrogen) atoms. The molecule has 0 amide bonds. The predicted octanol–water partition coefficient (Wildman–Crippen LogP) is 1.68. The summed E-state index contributed by atoms with van der Waals surface area (Å²) in [6, 6.07) is 10.3. The number of ether oxygens (including phenoxy) is 2. The maximum absolute atomic E-state index is 12.3. The normalized spacial score (nSPS) is 14.4. The summed E-state index contributed by atoms with van der Waals surface area (Å²) in [5.74, 6) is 0.504. The molecule has 8 heteroatoms. The molecule has 7 nitrogen and oxygen atoms in total. The Balaban J connectivity index is 1.72. The number of nitrogens with zero attached hydrogens (tertiary/aromatic N) is 2. The van der Waals surface area contributed by atoms with Gasteiger partial charge in [0.15, 0.2) is 0 Å². The summed E-state index contributed by atoms with van der Waals surface area (Å²) >= 11 is 1.15. The van der Waals surface area contributed by atoms with Crippen molar-refractivity contribution >= 4 is 28.0 Å². The Morgan fingerprint density at radius 1 is 1.28 bits per heavy atom. The lowest BCUT2D eigenvalue weighted by atomic mass is 10.1. The molecule has 1 aliphatic rings. The van der Waals surface area contributed by atoms with Crippen LogP contribution in [0.25, 0.3) is 0 Å². The Kier molecular flexibility index (Phi) is 6.96. The number of nitrogen functional groups attached to an aromatic ring is 1. The van der Waals surface area contributed by atoms with Crippen molar-refractivity contribution in [3.63, 3.8) is 0 Å². The van der Waals surface area contributed by atoms with Crippen LogP contribution in [0.1, 0.15) is 34.6 Å². The smallest absolute Gasteiger partial charge is 0.348 e. The van der Waals surface area contributed by atoms with Crippen LogP contribution >= 0.6 is 11.3 Å². The Bertz CT molecular complexity index is 898. The molecule has 1 aromatic carbocycles. The molecule has 0 atom stereocenters. The Morgan fingerprint density at radius 2 is 2.00 bits per heavy atom. The number of quaternary nitrogens is 1. The molecule has 2 heterocycles. The van der Waals surface area contributed by atoms with Crippen LogP contribution in [-0.2, 0) is 11.3 Å². The number of benzene rings is 1. The number of hydrogen-bond donors (Lipinski definition) is 2. The molecule has 1 fully saturated rings. The van der Waals surface area contributed by atoms with Crippen LogP contribution in [0.5, 0.6) is 5.75 Å². The first-order valence-electron chi connectivity index (χ1n) is 9.87. The van der Waals surface area contributed by atoms with Crippen molar-refractivity contribution in [3.05, 3.63) is 40.3 Å². The number of piperazine rings is 1. The van der Waals surface area contributed by atoms with Gasteiger partial charge in [-0.15, -0.1) is 11.3 Å². The standard InChI is InChI=1S/C21H26N4O3S/c1-3-27-18-8-6-5-7-17(18)25-11-9-24(10-12-25)14-16-15(13-22)20(23)29-19(16)21(26)28-4-2/h5-8H,3-4,9-12,14,23H2,1-2H3/p+1. The van der Waals surface area contributed by atoms with E-state index in [1.165, 1.54) is 4.90 Å². The van der Waals surface area contributed by atoms with Crippen molar-refractivity contribution in [1.82, 2.24) is 0 Å². The fourth-order valence-electron chi connectivity index (χ4n) is 3.62. The highest BCUT2D eigenvalue weighted by Gasteiger charge is 2.28. The first-order valence-corrected chi connectivity index (χ1v) is 10.7. The second kappa shape index (κ2) is 9.63. The van der Waals surface area contributed by atoms with Gasteiger partial charge in [0.25, 0.3) is 0 Å². The zero-order valence-corrected chi connectivity index (χ0v) is 17.7. The summed E-state index contributed by atoms with van der Waals surface area (Å²) in [6.07, 6.45) is 0. The highest BCUT2D eigenvalue weighted by molar-refractivity contribution is 7.18. The maximum Gasteiger partial charge on any atom is 0.348 e. The van der Waals surface area contributed by atoms with E-state index in [0.717, 1.165) is 49.0 Å². The molecule has 0 aliphatic carbocycles. The molecule has 3 N–H and O–H groups in total. The minimum absolute atomic E-state index is 0.294. The predicted molar refractivity (Wildman–Crippen MR) is 114 cm³/mol. The van der Waals surface area contributed by atoms with Crippen LogP contribution in [0.3, 0.4) is 0 Å². The number of anilines is 2. The SMILES string of the molecule is CCOC(=O)c1sc(N)c(C#N)c1C[NH+]1CCN(c2ccccc2OCC)CC1. The first-order chi connectivity index (χ1) is 14.1. The van der Waals surface area contributed by atoms with E-state index in [9.17, 15) is 10.1 Å². The lowest BCUT2D eigenvalue weighted by Crippen LogP contribution is -3.13. The molecule has 2 aromatic rings. The van der Waals surface area contributed by atoms with E-state index in [2.05, 4.69) is 17.0 Å². The third-order valence-corrected chi connectivity index (χ3v) is 6.05. The maximum atomic E-state index is 12.3. The van der Waals surface area contributed by atoms with Crippen LogP contribution in [0.4, 0.5) is 10.7 Å². The summed E-state index contributed by atoms with van der Waals surface area (Å²) in [4.78, 5) is 16.4. The van der Waals surface area contributed by atoms with Crippen molar-refractivity contribution in [2.24, 2.45) is 0 Å². The second-order valence-corrected chi connectivity index (χ2v) is 7.85. The Labute approximate surface area is 175 Å². The van der Waals surface area contributed by atoms with E-state index in [0.29, 0.717) is 40.8 Å². The van der Waals surface area contributed by atoms with E-state index in [1.54, 1.807) is 6.92 Å². The van der Waals surface area contributed by atoms with Gasteiger partial charge < -0.3 is 25.0 Å². The minimum Gasteiger partial charge on any atom is -0.492 e. The molecule has 0 spiro atoms. The van der Waals surface area contributed by atoms with Gasteiger partial charge in [0.05, 0.1) is 56.2 Å². The molecule has 0 unspecified atom stereocenters. The molecular formula is C21H27N4O3S+. The third-order valence-electron chi connectivity index (χ3n) is 5.01. The lowest BCUT2D eigenvalue weighted by molar-refractivity contribution is -0.914. The lowest BCUT2D eigenvalue weighted by Gasteiger charge is -2.34. The van der Waals surface area contributed by atoms with Gasteiger partial charge in [0, 0.05) is 0 Å². The molecule has 1 aliphatic heterocycles. The molecule has 0 bridgehead atoms. The molecule has 1 saturated heterocycles. The van der Waals surface area contributed by atoms with Crippen LogP contribution in [0, 0.1) is 11.3 Å². The van der Waals surface area contributed by atoms with E-state index in [4.69, 9.17) is 15.2 Å². The van der Waals surface area contributed by atoms with Crippen LogP contribution in [0.15, 0.2) is 24.3 Å². The number of rotatable bonds is 7. The molecule has 0 saturated carbocycles. The van der Waals surface area contributed by atoms with Gasteiger partial charge in [-0.3, -0.25) is 0 Å². The van der Waals surface area contributed by atoms with Gasteiger partial charge in [-0.2, -0.15) is 5.26 Å². The number of carbonyl (C=O) groups is 1. The Morgan fingerprint density at radius 3 is 2.66 bits per heavy atom. The third kappa shape index (κ3) is 4.63. The number of thiophene rings is 1. The summed E-state index contributed by atoms with van der Waals surface area (Å²) in [5, 5.41) is 9.90. The summed E-state index contributed by atoms with van der Waals surface area (Å²) in [6.45, 7) is 8.80. The van der Waals surface area contributed by atoms with Crippen LogP contribution in [0.2, 0.25) is 0 Å². The van der Waals surface area contributed by atoms with Crippen LogP contribution in [-0.4, -0.2) is 45.4 Å². The zero-order chi connectivity index (χ0) is 20.8. The van der Waals surface area contributed by atoms with E-state index < -0.39 is 5.97 Å². The quantitative estimate of drug-likeness (QED) is 0.669.